The van der Waals surface area contributed by atoms with Gasteiger partial charge in [0.1, 0.15) is 22.5 Å². The first-order chi connectivity index (χ1) is 33.5. The molecule has 0 amide bonds. The van der Waals surface area contributed by atoms with Crippen LogP contribution in [0.2, 0.25) is 20.1 Å². The Labute approximate surface area is 452 Å². The second kappa shape index (κ2) is 23.2. The van der Waals surface area contributed by atoms with Crippen molar-refractivity contribution in [1.29, 1.82) is 0 Å². The normalized spacial score (nSPS) is 13.2. The first kappa shape index (κ1) is 53.1. The van der Waals surface area contributed by atoms with Crippen molar-refractivity contribution < 1.29 is 42.0 Å². The number of benzene rings is 8. The van der Waals surface area contributed by atoms with Crippen LogP contribution in [-0.4, -0.2) is 5.11 Å². The third-order valence-corrected chi connectivity index (χ3v) is 13.0. The van der Waals surface area contributed by atoms with Gasteiger partial charge in [-0.1, -0.05) is 192 Å². The average Bonchev–Trinajstić information content (AvgIpc) is 3.93. The second-order valence-electron chi connectivity index (χ2n) is 15.9. The predicted octanol–water partition coefficient (Wildman–Crippen LogP) is 16.2. The van der Waals surface area contributed by atoms with Crippen LogP contribution in [0, 0.1) is 6.92 Å². The van der Waals surface area contributed by atoms with E-state index in [4.69, 9.17) is 64.4 Å². The molecule has 1 unspecified atom stereocenters. The minimum atomic E-state index is -1.61. The van der Waals surface area contributed by atoms with Gasteiger partial charge in [0.15, 0.2) is 22.7 Å². The van der Waals surface area contributed by atoms with Crippen molar-refractivity contribution in [2.45, 2.75) is 32.8 Å². The topological polar surface area (TPSA) is 86.0 Å². The summed E-state index contributed by atoms with van der Waals surface area (Å²) in [5, 5.41) is 16.4. The fourth-order valence-corrected chi connectivity index (χ4v) is 9.23. The Hall–Kier alpha value is -5.69. The van der Waals surface area contributed by atoms with Crippen LogP contribution in [0.1, 0.15) is 44.1 Å². The Bertz CT molecular complexity index is 3690. The van der Waals surface area contributed by atoms with Crippen molar-refractivity contribution in [2.24, 2.45) is 0 Å². The zero-order chi connectivity index (χ0) is 48.2. The van der Waals surface area contributed by atoms with Gasteiger partial charge in [-0.15, -0.1) is 0 Å². The summed E-state index contributed by atoms with van der Waals surface area (Å²) >= 11 is 28.0. The molecule has 8 aromatic carbocycles. The van der Waals surface area contributed by atoms with E-state index in [0.29, 0.717) is 87.0 Å². The monoisotopic (exact) mass is 1070 g/mol. The largest absolute Gasteiger partial charge is 1.00 e. The Kier molecular flexibility index (Phi) is 17.4. The van der Waals surface area contributed by atoms with Crippen LogP contribution < -0.4 is 29.0 Å². The van der Waals surface area contributed by atoms with Crippen molar-refractivity contribution in [3.05, 3.63) is 241 Å². The summed E-state index contributed by atoms with van der Waals surface area (Å²) in [6.07, 6.45) is 2.28. The van der Waals surface area contributed by atoms with Crippen LogP contribution in [-0.2, 0) is 5.60 Å². The van der Waals surface area contributed by atoms with E-state index in [1.165, 1.54) is 17.5 Å². The summed E-state index contributed by atoms with van der Waals surface area (Å²) in [5.74, 6) is 1.22. The molecule has 0 bridgehead atoms. The summed E-state index contributed by atoms with van der Waals surface area (Å²) in [4.78, 5) is 12.4. The molecule has 71 heavy (non-hydrogen) atoms. The van der Waals surface area contributed by atoms with Crippen LogP contribution in [0.4, 0.5) is 0 Å². The number of furan rings is 2. The zero-order valence-electron chi connectivity index (χ0n) is 37.8. The molecule has 0 aliphatic carbocycles. The van der Waals surface area contributed by atoms with Gasteiger partial charge in [0, 0.05) is 41.8 Å². The molecule has 12 rings (SSSR count). The molecule has 0 saturated heterocycles. The molecule has 0 fully saturated rings. The standard InChI is InChI=1S/C27H16Cl2O3.C15H6Cl2O3.C12H9Br.C4H9.CH4.Li/c28-17-11-13-23-20(14-17)25-26(32-23)27(30,22-12-10-18(29)15-24(22)31-25)21-9-5-4-8-19(21)16-6-2-1-3-7-16;16-7-2-4-11-10(5-7)14-15(19-11)13(18)9-3-1-8(17)6-12(9)20-14;13-12-9-5-4-8-11(12)10-6-2-1-3-7-10;1-3-4-2;;/h1-15,30H;1-6H;1-9H;1,3-4H2,2H3;1H4;/q;;;-1;;+1. The van der Waals surface area contributed by atoms with Crippen LogP contribution in [0.5, 0.6) is 11.5 Å². The molecule has 1 aliphatic heterocycles. The molecular formula is C59H44BrCl4LiO6. The summed E-state index contributed by atoms with van der Waals surface area (Å²) < 4.78 is 25.0. The smallest absolute Gasteiger partial charge is 0.453 e. The first-order valence-corrected chi connectivity index (χ1v) is 24.2. The molecule has 0 radical (unpaired) electrons. The zero-order valence-corrected chi connectivity index (χ0v) is 42.4. The third kappa shape index (κ3) is 10.9. The molecular weight excluding hydrogens is 1030 g/mol. The van der Waals surface area contributed by atoms with Crippen LogP contribution in [0.15, 0.2) is 205 Å². The summed E-state index contributed by atoms with van der Waals surface area (Å²) in [6, 6.07) is 56.9. The Morgan fingerprint density at radius 3 is 1.70 bits per heavy atom. The first-order valence-electron chi connectivity index (χ1n) is 21.9. The maximum absolute atomic E-state index is 12.5. The van der Waals surface area contributed by atoms with E-state index < -0.39 is 5.60 Å². The quantitative estimate of drug-likeness (QED) is 0.140. The molecule has 352 valence electrons. The van der Waals surface area contributed by atoms with Crippen LogP contribution >= 0.6 is 62.3 Å². The number of rotatable bonds is 4. The van der Waals surface area contributed by atoms with E-state index in [0.717, 1.165) is 22.0 Å². The van der Waals surface area contributed by atoms with E-state index in [-0.39, 0.29) is 37.3 Å². The van der Waals surface area contributed by atoms with E-state index in [1.54, 1.807) is 72.8 Å². The summed E-state index contributed by atoms with van der Waals surface area (Å²) in [6.45, 7) is 5.72. The Morgan fingerprint density at radius 1 is 0.549 bits per heavy atom. The van der Waals surface area contributed by atoms with Crippen molar-refractivity contribution in [2.75, 3.05) is 0 Å². The number of unbranched alkanes of at least 4 members (excludes halogenated alkanes) is 1. The van der Waals surface area contributed by atoms with Gasteiger partial charge in [-0.05, 0) is 89.0 Å². The summed E-state index contributed by atoms with van der Waals surface area (Å²) in [7, 11) is 0. The van der Waals surface area contributed by atoms with Crippen molar-refractivity contribution in [1.82, 2.24) is 0 Å². The maximum Gasteiger partial charge on any atom is 1.00 e. The average molecular weight is 1080 g/mol. The Balaban J connectivity index is 0.000000162. The number of halogens is 5. The fourth-order valence-electron chi connectivity index (χ4n) is 8.05. The van der Waals surface area contributed by atoms with Gasteiger partial charge in [0.2, 0.25) is 11.0 Å². The number of ether oxygens (including phenoxy) is 1. The molecule has 1 atom stereocenters. The maximum atomic E-state index is 12.5. The van der Waals surface area contributed by atoms with E-state index in [2.05, 4.69) is 66.2 Å². The molecule has 11 aromatic rings. The van der Waals surface area contributed by atoms with Crippen molar-refractivity contribution in [3.63, 3.8) is 0 Å². The Morgan fingerprint density at radius 2 is 1.06 bits per heavy atom. The van der Waals surface area contributed by atoms with Crippen molar-refractivity contribution in [3.8, 4) is 33.8 Å². The molecule has 0 saturated carbocycles. The van der Waals surface area contributed by atoms with Gasteiger partial charge in [-0.25, -0.2) is 0 Å². The number of hydrogen-bond donors (Lipinski definition) is 1. The van der Waals surface area contributed by atoms with Gasteiger partial charge in [0.25, 0.3) is 0 Å². The second-order valence-corrected chi connectivity index (χ2v) is 18.5. The minimum Gasteiger partial charge on any atom is -0.453 e. The number of aliphatic hydroxyl groups is 1. The molecule has 6 nitrogen and oxygen atoms in total. The van der Waals surface area contributed by atoms with Gasteiger partial charge >= 0.3 is 18.9 Å². The predicted molar refractivity (Wildman–Crippen MR) is 293 cm³/mol. The van der Waals surface area contributed by atoms with Crippen LogP contribution in [0.25, 0.3) is 66.3 Å². The fraction of sp³-hybridized carbons (Fsp3) is 0.0847. The molecule has 4 heterocycles. The van der Waals surface area contributed by atoms with Gasteiger partial charge < -0.3 is 30.0 Å². The molecule has 12 heteroatoms. The summed E-state index contributed by atoms with van der Waals surface area (Å²) in [5.41, 5.74) is 5.93. The van der Waals surface area contributed by atoms with E-state index in [9.17, 15) is 9.90 Å². The minimum absolute atomic E-state index is 0. The van der Waals surface area contributed by atoms with Crippen molar-refractivity contribution >= 4 is 106 Å². The van der Waals surface area contributed by atoms with Gasteiger partial charge in [-0.2, -0.15) is 6.42 Å². The van der Waals surface area contributed by atoms with Gasteiger partial charge in [0.05, 0.1) is 16.2 Å². The molecule has 3 aromatic heterocycles. The molecule has 1 aliphatic rings. The number of fused-ring (bicyclic) bond motifs is 8. The van der Waals surface area contributed by atoms with E-state index in [1.807, 2.05) is 72.8 Å². The number of hydrogen-bond acceptors (Lipinski definition) is 6. The van der Waals surface area contributed by atoms with Gasteiger partial charge in [-0.3, -0.25) is 4.79 Å². The van der Waals surface area contributed by atoms with E-state index >= 15 is 0 Å². The third-order valence-electron chi connectivity index (χ3n) is 11.4. The van der Waals surface area contributed by atoms with Crippen LogP contribution in [0.3, 0.4) is 0 Å². The molecule has 1 N–H and O–H groups in total. The SMILES string of the molecule is Brc1ccccc1-c1ccccc1.C.O=c1c2ccc(Cl)cc2oc2c1oc1ccc(Cl)cc12.OC1(c2ccccc2-c2ccccc2)c2ccc(Cl)cc2Oc2c1oc1ccc(Cl)cc21.[CH2-]CCC.[Li+]. The molecule has 0 spiro atoms.